The molecule has 0 atom stereocenters. The van der Waals surface area contributed by atoms with Gasteiger partial charge in [0.15, 0.2) is 0 Å². The van der Waals surface area contributed by atoms with E-state index in [1.165, 1.54) is 20.3 Å². The van der Waals surface area contributed by atoms with Crippen molar-refractivity contribution in [1.29, 1.82) is 0 Å². The summed E-state index contributed by atoms with van der Waals surface area (Å²) in [5.74, 6) is -0.309. The Morgan fingerprint density at radius 2 is 2.07 bits per heavy atom. The predicted molar refractivity (Wildman–Crippen MR) is 103 cm³/mol. The van der Waals surface area contributed by atoms with E-state index in [1.807, 2.05) is 6.92 Å². The van der Waals surface area contributed by atoms with Gasteiger partial charge in [0.05, 0.1) is 26.1 Å². The molecule has 150 valence electrons. The highest BCUT2D eigenvalue weighted by atomic mass is 16.5. The van der Waals surface area contributed by atoms with Crippen LogP contribution in [-0.2, 0) is 4.79 Å². The quantitative estimate of drug-likeness (QED) is 0.452. The first-order chi connectivity index (χ1) is 13.4. The minimum absolute atomic E-state index is 0.155. The molecule has 28 heavy (non-hydrogen) atoms. The normalized spacial score (nSPS) is 10.8. The van der Waals surface area contributed by atoms with E-state index in [-0.39, 0.29) is 29.3 Å². The highest BCUT2D eigenvalue weighted by molar-refractivity contribution is 5.84. The number of hydrazone groups is 1. The number of amides is 1. The Hall–Kier alpha value is -3.56. The number of rotatable bonds is 8. The number of benzene rings is 1. The lowest BCUT2D eigenvalue weighted by Gasteiger charge is -2.14. The number of hydrogen-bond donors (Lipinski definition) is 3. The van der Waals surface area contributed by atoms with Gasteiger partial charge in [-0.15, -0.1) is 0 Å². The molecule has 2 aromatic rings. The third-order valence-electron chi connectivity index (χ3n) is 3.89. The summed E-state index contributed by atoms with van der Waals surface area (Å²) in [4.78, 5) is 38.1. The third kappa shape index (κ3) is 4.58. The smallest absolute Gasteiger partial charge is 0.335 e. The molecule has 2 rings (SSSR count). The van der Waals surface area contributed by atoms with E-state index >= 15 is 0 Å². The van der Waals surface area contributed by atoms with Crippen LogP contribution in [0.5, 0.6) is 17.4 Å². The van der Waals surface area contributed by atoms with Crippen molar-refractivity contribution in [3.8, 4) is 23.1 Å². The SMILES string of the molecule is CCCCC(=O)NN=Cc1c(O)n(-c2cc(OC)ccc2OC)c(=O)[nH]c1=O. The molecule has 0 spiro atoms. The van der Waals surface area contributed by atoms with E-state index in [1.54, 1.807) is 12.1 Å². The summed E-state index contributed by atoms with van der Waals surface area (Å²) in [6.45, 7) is 1.95. The molecule has 10 heteroatoms. The van der Waals surface area contributed by atoms with Gasteiger partial charge >= 0.3 is 5.69 Å². The van der Waals surface area contributed by atoms with Gasteiger partial charge in [-0.3, -0.25) is 14.6 Å². The van der Waals surface area contributed by atoms with Crippen molar-refractivity contribution in [1.82, 2.24) is 15.0 Å². The maximum atomic E-state index is 12.3. The standard InChI is InChI=1S/C18H22N4O6/c1-4-5-6-15(23)21-19-10-12-16(24)20-18(26)22(17(12)25)13-9-11(27-2)7-8-14(13)28-3/h7-10,25H,4-6H2,1-3H3,(H,21,23)(H,20,24,26). The largest absolute Gasteiger partial charge is 0.497 e. The van der Waals surface area contributed by atoms with Gasteiger partial charge in [0.1, 0.15) is 17.1 Å². The van der Waals surface area contributed by atoms with E-state index in [4.69, 9.17) is 9.47 Å². The molecule has 0 aliphatic carbocycles. The topological polar surface area (TPSA) is 135 Å². The van der Waals surface area contributed by atoms with Crippen molar-refractivity contribution >= 4 is 12.1 Å². The molecule has 0 bridgehead atoms. The molecule has 0 aliphatic rings. The Bertz CT molecular complexity index is 993. The number of unbranched alkanes of at least 4 members (excludes halogenated alkanes) is 1. The molecule has 0 aliphatic heterocycles. The van der Waals surface area contributed by atoms with Crippen LogP contribution in [0.25, 0.3) is 5.69 Å². The summed E-state index contributed by atoms with van der Waals surface area (Å²) in [6.07, 6.45) is 2.82. The van der Waals surface area contributed by atoms with Crippen LogP contribution in [-0.4, -0.2) is 41.0 Å². The first-order valence-corrected chi connectivity index (χ1v) is 8.55. The van der Waals surface area contributed by atoms with Crippen LogP contribution in [0.3, 0.4) is 0 Å². The Labute approximate surface area is 160 Å². The van der Waals surface area contributed by atoms with Gasteiger partial charge in [0, 0.05) is 12.5 Å². The van der Waals surface area contributed by atoms with E-state index in [0.29, 0.717) is 12.2 Å². The van der Waals surface area contributed by atoms with Gasteiger partial charge in [0.2, 0.25) is 11.8 Å². The Morgan fingerprint density at radius 1 is 1.32 bits per heavy atom. The third-order valence-corrected chi connectivity index (χ3v) is 3.89. The predicted octanol–water partition coefficient (Wildman–Crippen LogP) is 0.889. The molecule has 10 nitrogen and oxygen atoms in total. The maximum absolute atomic E-state index is 12.3. The van der Waals surface area contributed by atoms with Crippen molar-refractivity contribution in [3.63, 3.8) is 0 Å². The van der Waals surface area contributed by atoms with Gasteiger partial charge in [-0.25, -0.2) is 14.8 Å². The molecular formula is C18H22N4O6. The molecule has 1 aromatic heterocycles. The molecule has 0 unspecified atom stereocenters. The molecular weight excluding hydrogens is 368 g/mol. The molecule has 0 saturated heterocycles. The highest BCUT2D eigenvalue weighted by Crippen LogP contribution is 2.29. The van der Waals surface area contributed by atoms with Crippen molar-refractivity contribution in [3.05, 3.63) is 44.6 Å². The number of hydrogen-bond acceptors (Lipinski definition) is 7. The van der Waals surface area contributed by atoms with Crippen molar-refractivity contribution < 1.29 is 19.4 Å². The second-order valence-corrected chi connectivity index (χ2v) is 5.77. The van der Waals surface area contributed by atoms with Crippen LogP contribution < -0.4 is 26.1 Å². The zero-order chi connectivity index (χ0) is 20.7. The van der Waals surface area contributed by atoms with Crippen LogP contribution in [0.4, 0.5) is 0 Å². The fourth-order valence-corrected chi connectivity index (χ4v) is 2.41. The number of ether oxygens (including phenoxy) is 2. The minimum atomic E-state index is -0.877. The Balaban J connectivity index is 2.49. The lowest BCUT2D eigenvalue weighted by Crippen LogP contribution is -2.32. The van der Waals surface area contributed by atoms with Gasteiger partial charge < -0.3 is 14.6 Å². The minimum Gasteiger partial charge on any atom is -0.497 e. The number of aromatic amines is 1. The summed E-state index contributed by atoms with van der Waals surface area (Å²) in [5, 5.41) is 14.2. The van der Waals surface area contributed by atoms with Crippen LogP contribution in [0.15, 0.2) is 32.9 Å². The van der Waals surface area contributed by atoms with Gasteiger partial charge in [0.25, 0.3) is 5.56 Å². The zero-order valence-corrected chi connectivity index (χ0v) is 15.8. The van der Waals surface area contributed by atoms with Gasteiger partial charge in [-0.1, -0.05) is 13.3 Å². The number of aromatic hydroxyl groups is 1. The van der Waals surface area contributed by atoms with E-state index < -0.39 is 17.1 Å². The number of carbonyl (C=O) groups excluding carboxylic acids is 1. The first kappa shape index (κ1) is 20.7. The number of H-pyrrole nitrogens is 1. The first-order valence-electron chi connectivity index (χ1n) is 8.55. The van der Waals surface area contributed by atoms with Crippen LogP contribution in [0, 0.1) is 0 Å². The van der Waals surface area contributed by atoms with E-state index in [9.17, 15) is 19.5 Å². The molecule has 1 heterocycles. The van der Waals surface area contributed by atoms with Gasteiger partial charge in [-0.2, -0.15) is 5.10 Å². The molecule has 0 fully saturated rings. The van der Waals surface area contributed by atoms with Crippen LogP contribution >= 0.6 is 0 Å². The molecule has 1 aromatic carbocycles. The lowest BCUT2D eigenvalue weighted by molar-refractivity contribution is -0.121. The average Bonchev–Trinajstić information content (AvgIpc) is 2.68. The number of carbonyl (C=O) groups is 1. The van der Waals surface area contributed by atoms with Gasteiger partial charge in [-0.05, 0) is 18.6 Å². The summed E-state index contributed by atoms with van der Waals surface area (Å²) in [6, 6.07) is 4.63. The van der Waals surface area contributed by atoms with Crippen molar-refractivity contribution in [2.75, 3.05) is 14.2 Å². The fourth-order valence-electron chi connectivity index (χ4n) is 2.41. The number of aromatic nitrogens is 2. The molecule has 3 N–H and O–H groups in total. The fraction of sp³-hybridized carbons (Fsp3) is 0.333. The second-order valence-electron chi connectivity index (χ2n) is 5.77. The Kier molecular flexibility index (Phi) is 6.96. The maximum Gasteiger partial charge on any atom is 0.335 e. The summed E-state index contributed by atoms with van der Waals surface area (Å²) < 4.78 is 11.2. The average molecular weight is 390 g/mol. The number of nitrogens with zero attached hydrogens (tertiary/aromatic N) is 2. The summed E-state index contributed by atoms with van der Waals surface area (Å²) in [5.41, 5.74) is 0.388. The monoisotopic (exact) mass is 390 g/mol. The second kappa shape index (κ2) is 9.40. The summed E-state index contributed by atoms with van der Waals surface area (Å²) in [7, 11) is 2.84. The molecule has 0 radical (unpaired) electrons. The molecule has 0 saturated carbocycles. The van der Waals surface area contributed by atoms with Crippen molar-refractivity contribution in [2.24, 2.45) is 5.10 Å². The van der Waals surface area contributed by atoms with Crippen LogP contribution in [0.2, 0.25) is 0 Å². The zero-order valence-electron chi connectivity index (χ0n) is 15.8. The summed E-state index contributed by atoms with van der Waals surface area (Å²) >= 11 is 0. The highest BCUT2D eigenvalue weighted by Gasteiger charge is 2.18. The number of nitrogens with one attached hydrogen (secondary N) is 2. The Morgan fingerprint density at radius 3 is 2.71 bits per heavy atom. The van der Waals surface area contributed by atoms with Crippen molar-refractivity contribution in [2.45, 2.75) is 26.2 Å². The lowest BCUT2D eigenvalue weighted by atomic mass is 10.2. The van der Waals surface area contributed by atoms with E-state index in [0.717, 1.165) is 17.2 Å². The van der Waals surface area contributed by atoms with Crippen LogP contribution in [0.1, 0.15) is 31.7 Å². The van der Waals surface area contributed by atoms with E-state index in [2.05, 4.69) is 15.5 Å². The molecule has 1 amide bonds. The number of methoxy groups -OCH3 is 2.